The lowest BCUT2D eigenvalue weighted by atomic mass is 10.2. The number of nitriles is 1. The van der Waals surface area contributed by atoms with Crippen molar-refractivity contribution in [3.8, 4) is 6.07 Å². The van der Waals surface area contributed by atoms with Crippen molar-refractivity contribution in [3.05, 3.63) is 18.0 Å². The molecule has 0 aromatic carbocycles. The Bertz CT molecular complexity index is 444. The van der Waals surface area contributed by atoms with E-state index in [1.54, 1.807) is 24.2 Å². The maximum absolute atomic E-state index is 12.2. The normalized spacial score (nSPS) is 11.9. The van der Waals surface area contributed by atoms with Crippen LogP contribution in [0.15, 0.2) is 12.3 Å². The van der Waals surface area contributed by atoms with Crippen molar-refractivity contribution in [2.24, 2.45) is 0 Å². The lowest BCUT2D eigenvalue weighted by Crippen LogP contribution is -2.35. The maximum Gasteiger partial charge on any atom is 0.270 e. The molecule has 1 heterocycles. The molecule has 0 spiro atoms. The van der Waals surface area contributed by atoms with E-state index in [1.807, 2.05) is 18.4 Å². The molecule has 92 valence electrons. The Kier molecular flexibility index (Phi) is 4.16. The Morgan fingerprint density at radius 3 is 2.88 bits per heavy atom. The summed E-state index contributed by atoms with van der Waals surface area (Å²) in [5, 5.41) is 8.63. The standard InChI is InChI=1S/C12H18N4O/c1-4-16-8-10(14)7-11(16)12(17)15(3)9(2)5-6-13/h7-9H,4-5,14H2,1-3H3. The van der Waals surface area contributed by atoms with Crippen molar-refractivity contribution in [2.75, 3.05) is 12.8 Å². The van der Waals surface area contributed by atoms with Crippen LogP contribution in [0.1, 0.15) is 30.8 Å². The third kappa shape index (κ3) is 2.78. The van der Waals surface area contributed by atoms with E-state index in [0.29, 0.717) is 24.3 Å². The molecule has 2 N–H and O–H groups in total. The van der Waals surface area contributed by atoms with Gasteiger partial charge in [-0.2, -0.15) is 5.26 Å². The van der Waals surface area contributed by atoms with Gasteiger partial charge in [0.05, 0.1) is 18.2 Å². The molecule has 1 aromatic rings. The molecule has 0 aliphatic rings. The zero-order valence-electron chi connectivity index (χ0n) is 10.5. The van der Waals surface area contributed by atoms with Gasteiger partial charge in [0.15, 0.2) is 0 Å². The minimum Gasteiger partial charge on any atom is -0.397 e. The maximum atomic E-state index is 12.2. The number of aromatic nitrogens is 1. The second-order valence-corrected chi connectivity index (χ2v) is 4.07. The Hall–Kier alpha value is -1.96. The van der Waals surface area contributed by atoms with Crippen LogP contribution in [0.5, 0.6) is 0 Å². The third-order valence-electron chi connectivity index (χ3n) is 2.85. The fourth-order valence-electron chi connectivity index (χ4n) is 1.62. The molecule has 5 heteroatoms. The van der Waals surface area contributed by atoms with Crippen LogP contribution in [0.4, 0.5) is 5.69 Å². The highest BCUT2D eigenvalue weighted by Gasteiger charge is 2.20. The fraction of sp³-hybridized carbons (Fsp3) is 0.500. The number of rotatable bonds is 4. The molecular weight excluding hydrogens is 216 g/mol. The fourth-order valence-corrected chi connectivity index (χ4v) is 1.62. The highest BCUT2D eigenvalue weighted by molar-refractivity contribution is 5.93. The lowest BCUT2D eigenvalue weighted by molar-refractivity contribution is 0.0735. The summed E-state index contributed by atoms with van der Waals surface area (Å²) in [6, 6.07) is 3.63. The van der Waals surface area contributed by atoms with Gasteiger partial charge in [-0.1, -0.05) is 0 Å². The summed E-state index contributed by atoms with van der Waals surface area (Å²) in [4.78, 5) is 13.8. The summed E-state index contributed by atoms with van der Waals surface area (Å²) in [5.74, 6) is -0.105. The van der Waals surface area contributed by atoms with E-state index in [4.69, 9.17) is 11.0 Å². The number of nitrogens with zero attached hydrogens (tertiary/aromatic N) is 3. The van der Waals surface area contributed by atoms with E-state index in [1.165, 1.54) is 0 Å². The molecule has 0 aliphatic carbocycles. The van der Waals surface area contributed by atoms with E-state index in [0.717, 1.165) is 0 Å². The second kappa shape index (κ2) is 5.39. The van der Waals surface area contributed by atoms with Crippen LogP contribution >= 0.6 is 0 Å². The minimum atomic E-state index is -0.105. The molecule has 1 amide bonds. The summed E-state index contributed by atoms with van der Waals surface area (Å²) in [6.07, 6.45) is 2.07. The number of amides is 1. The van der Waals surface area contributed by atoms with Crippen LogP contribution in [0, 0.1) is 11.3 Å². The molecule has 1 aromatic heterocycles. The number of nitrogen functional groups attached to an aromatic ring is 1. The van der Waals surface area contributed by atoms with Crippen LogP contribution in [0.2, 0.25) is 0 Å². The van der Waals surface area contributed by atoms with Gasteiger partial charge in [-0.15, -0.1) is 0 Å². The Balaban J connectivity index is 2.92. The van der Waals surface area contributed by atoms with Crippen molar-refractivity contribution < 1.29 is 4.79 Å². The number of aryl methyl sites for hydroxylation is 1. The van der Waals surface area contributed by atoms with Crippen LogP contribution in [0.25, 0.3) is 0 Å². The largest absolute Gasteiger partial charge is 0.397 e. The third-order valence-corrected chi connectivity index (χ3v) is 2.85. The van der Waals surface area contributed by atoms with Crippen molar-refractivity contribution in [1.29, 1.82) is 5.26 Å². The van der Waals surface area contributed by atoms with Crippen molar-refractivity contribution in [2.45, 2.75) is 32.9 Å². The Labute approximate surface area is 101 Å². The van der Waals surface area contributed by atoms with Gasteiger partial charge in [-0.05, 0) is 19.9 Å². The van der Waals surface area contributed by atoms with Crippen molar-refractivity contribution >= 4 is 11.6 Å². The predicted molar refractivity (Wildman–Crippen MR) is 66.3 cm³/mol. The highest BCUT2D eigenvalue weighted by atomic mass is 16.2. The number of carbonyl (C=O) groups is 1. The van der Waals surface area contributed by atoms with Crippen molar-refractivity contribution in [3.63, 3.8) is 0 Å². The number of carbonyl (C=O) groups excluding carboxylic acids is 1. The van der Waals surface area contributed by atoms with E-state index >= 15 is 0 Å². The van der Waals surface area contributed by atoms with Gasteiger partial charge in [0.1, 0.15) is 5.69 Å². The van der Waals surface area contributed by atoms with Gasteiger partial charge in [0.2, 0.25) is 0 Å². The molecule has 1 atom stereocenters. The van der Waals surface area contributed by atoms with Gasteiger partial charge < -0.3 is 15.2 Å². The molecule has 0 saturated carbocycles. The average molecular weight is 234 g/mol. The Morgan fingerprint density at radius 1 is 1.71 bits per heavy atom. The predicted octanol–water partition coefficient (Wildman–Crippen LogP) is 1.46. The molecule has 0 saturated heterocycles. The molecule has 0 bridgehead atoms. The summed E-state index contributed by atoms with van der Waals surface area (Å²) < 4.78 is 1.81. The summed E-state index contributed by atoms with van der Waals surface area (Å²) in [5.41, 5.74) is 6.83. The van der Waals surface area contributed by atoms with Crippen LogP contribution in [-0.2, 0) is 6.54 Å². The van der Waals surface area contributed by atoms with Crippen LogP contribution in [-0.4, -0.2) is 28.5 Å². The number of anilines is 1. The quantitative estimate of drug-likeness (QED) is 0.857. The zero-order valence-corrected chi connectivity index (χ0v) is 10.5. The summed E-state index contributed by atoms with van der Waals surface area (Å²) in [7, 11) is 1.70. The van der Waals surface area contributed by atoms with Gasteiger partial charge >= 0.3 is 0 Å². The molecule has 5 nitrogen and oxygen atoms in total. The van der Waals surface area contributed by atoms with Crippen molar-refractivity contribution in [1.82, 2.24) is 9.47 Å². The first-order valence-electron chi connectivity index (χ1n) is 5.61. The molecule has 0 aliphatic heterocycles. The number of nitrogens with two attached hydrogens (primary N) is 1. The number of hydrogen-bond donors (Lipinski definition) is 1. The number of hydrogen-bond acceptors (Lipinski definition) is 3. The van der Waals surface area contributed by atoms with Gasteiger partial charge in [-0.3, -0.25) is 4.79 Å². The molecule has 0 radical (unpaired) electrons. The minimum absolute atomic E-state index is 0.103. The van der Waals surface area contributed by atoms with Crippen LogP contribution in [0.3, 0.4) is 0 Å². The molecular formula is C12H18N4O. The SMILES string of the molecule is CCn1cc(N)cc1C(=O)N(C)C(C)CC#N. The van der Waals surface area contributed by atoms with E-state index in [9.17, 15) is 4.79 Å². The summed E-state index contributed by atoms with van der Waals surface area (Å²) >= 11 is 0. The van der Waals surface area contributed by atoms with Gasteiger partial charge in [0.25, 0.3) is 5.91 Å². The molecule has 0 fully saturated rings. The summed E-state index contributed by atoms with van der Waals surface area (Å²) in [6.45, 7) is 4.50. The van der Waals surface area contributed by atoms with Gasteiger partial charge in [0, 0.05) is 25.8 Å². The topological polar surface area (TPSA) is 75.0 Å². The highest BCUT2D eigenvalue weighted by Crippen LogP contribution is 2.14. The van der Waals surface area contributed by atoms with Gasteiger partial charge in [-0.25, -0.2) is 0 Å². The zero-order chi connectivity index (χ0) is 13.0. The first-order valence-corrected chi connectivity index (χ1v) is 5.61. The Morgan fingerprint density at radius 2 is 2.35 bits per heavy atom. The van der Waals surface area contributed by atoms with E-state index < -0.39 is 0 Å². The smallest absolute Gasteiger partial charge is 0.270 e. The molecule has 1 unspecified atom stereocenters. The van der Waals surface area contributed by atoms with E-state index in [-0.39, 0.29) is 11.9 Å². The molecule has 17 heavy (non-hydrogen) atoms. The van der Waals surface area contributed by atoms with Crippen LogP contribution < -0.4 is 5.73 Å². The monoisotopic (exact) mass is 234 g/mol. The molecule has 1 rings (SSSR count). The van der Waals surface area contributed by atoms with E-state index in [2.05, 4.69) is 6.07 Å². The first-order chi connectivity index (χ1) is 8.01. The average Bonchev–Trinajstić information content (AvgIpc) is 2.68. The second-order valence-electron chi connectivity index (χ2n) is 4.07. The first kappa shape index (κ1) is 13.1. The lowest BCUT2D eigenvalue weighted by Gasteiger charge is -2.23.